The quantitative estimate of drug-likeness (QED) is 0.872. The van der Waals surface area contributed by atoms with E-state index in [1.54, 1.807) is 0 Å². The fraction of sp³-hybridized carbons (Fsp3) is 0.167. The number of carboxylic acids is 1. The van der Waals surface area contributed by atoms with Crippen LogP contribution in [0.1, 0.15) is 22.2 Å². The largest absolute Gasteiger partial charge is 0.477 e. The lowest BCUT2D eigenvalue weighted by Crippen LogP contribution is -1.90. The minimum absolute atomic E-state index is 0.234. The number of rotatable bonds is 4. The summed E-state index contributed by atoms with van der Waals surface area (Å²) in [6.07, 6.45) is 2.36. The molecule has 0 radical (unpaired) electrons. The van der Waals surface area contributed by atoms with Crippen LogP contribution in [0.5, 0.6) is 0 Å². The second-order valence-corrected chi connectivity index (χ2v) is 4.54. The van der Waals surface area contributed by atoms with E-state index in [2.05, 4.69) is 17.2 Å². The summed E-state index contributed by atoms with van der Waals surface area (Å²) in [4.78, 5) is 14.9. The Balaban J connectivity index is 2.11. The number of hydrogen-bond acceptors (Lipinski definition) is 4. The van der Waals surface area contributed by atoms with Crippen LogP contribution < -0.4 is 5.32 Å². The summed E-state index contributed by atoms with van der Waals surface area (Å²) in [7, 11) is 0. The average molecular weight is 248 g/mol. The number of carbonyl (C=O) groups is 1. The Bertz CT molecular complexity index is 520. The molecule has 2 aromatic rings. The molecule has 0 unspecified atom stereocenters. The number of hydrogen-bond donors (Lipinski definition) is 2. The van der Waals surface area contributed by atoms with E-state index >= 15 is 0 Å². The van der Waals surface area contributed by atoms with Gasteiger partial charge in [-0.3, -0.25) is 0 Å². The van der Waals surface area contributed by atoms with Crippen molar-refractivity contribution in [2.45, 2.75) is 13.3 Å². The van der Waals surface area contributed by atoms with Crippen molar-refractivity contribution in [3.05, 3.63) is 40.9 Å². The second kappa shape index (κ2) is 4.97. The van der Waals surface area contributed by atoms with E-state index in [4.69, 9.17) is 5.11 Å². The summed E-state index contributed by atoms with van der Waals surface area (Å²) >= 11 is 1.12. The number of benzene rings is 1. The first kappa shape index (κ1) is 11.6. The molecule has 0 amide bonds. The fourth-order valence-corrected chi connectivity index (χ4v) is 2.05. The number of carboxylic acid groups (broad SMARTS) is 1. The van der Waals surface area contributed by atoms with Gasteiger partial charge in [0.05, 0.1) is 6.20 Å². The van der Waals surface area contributed by atoms with Gasteiger partial charge in [0.15, 0.2) is 5.13 Å². The van der Waals surface area contributed by atoms with E-state index in [0.29, 0.717) is 5.13 Å². The third kappa shape index (κ3) is 2.82. The Labute approximate surface area is 103 Å². The zero-order valence-corrected chi connectivity index (χ0v) is 10.1. The summed E-state index contributed by atoms with van der Waals surface area (Å²) in [6, 6.07) is 7.99. The third-order valence-electron chi connectivity index (χ3n) is 2.33. The van der Waals surface area contributed by atoms with Crippen LogP contribution in [0, 0.1) is 0 Å². The predicted molar refractivity (Wildman–Crippen MR) is 68.2 cm³/mol. The van der Waals surface area contributed by atoms with Gasteiger partial charge < -0.3 is 10.4 Å². The van der Waals surface area contributed by atoms with Crippen LogP contribution in [0.25, 0.3) is 0 Å². The highest BCUT2D eigenvalue weighted by atomic mass is 32.1. The van der Waals surface area contributed by atoms with Gasteiger partial charge in [-0.05, 0) is 24.1 Å². The SMILES string of the molecule is CCc1ccc(Nc2ncc(C(=O)O)s2)cc1. The highest BCUT2D eigenvalue weighted by Crippen LogP contribution is 2.22. The molecule has 88 valence electrons. The number of thiazole rings is 1. The van der Waals surface area contributed by atoms with Crippen molar-refractivity contribution in [3.63, 3.8) is 0 Å². The molecule has 5 heteroatoms. The van der Waals surface area contributed by atoms with E-state index in [1.165, 1.54) is 11.8 Å². The Hall–Kier alpha value is -1.88. The first-order valence-electron chi connectivity index (χ1n) is 5.24. The maximum absolute atomic E-state index is 10.7. The summed E-state index contributed by atoms with van der Waals surface area (Å²) in [5, 5.41) is 12.4. The Morgan fingerprint density at radius 1 is 1.41 bits per heavy atom. The lowest BCUT2D eigenvalue weighted by atomic mass is 10.1. The van der Waals surface area contributed by atoms with Crippen molar-refractivity contribution >= 4 is 28.1 Å². The van der Waals surface area contributed by atoms with E-state index < -0.39 is 5.97 Å². The van der Waals surface area contributed by atoms with Gasteiger partial charge in [-0.1, -0.05) is 30.4 Å². The monoisotopic (exact) mass is 248 g/mol. The summed E-state index contributed by atoms with van der Waals surface area (Å²) in [5.41, 5.74) is 2.18. The van der Waals surface area contributed by atoms with Gasteiger partial charge in [0.1, 0.15) is 4.88 Å². The molecule has 1 aromatic heterocycles. The molecule has 2 rings (SSSR count). The molecule has 0 bridgehead atoms. The molecule has 4 nitrogen and oxygen atoms in total. The first-order valence-corrected chi connectivity index (χ1v) is 6.05. The molecule has 1 heterocycles. The van der Waals surface area contributed by atoms with Gasteiger partial charge in [-0.25, -0.2) is 9.78 Å². The highest BCUT2D eigenvalue weighted by molar-refractivity contribution is 7.17. The van der Waals surface area contributed by atoms with Gasteiger partial charge >= 0.3 is 5.97 Å². The second-order valence-electron chi connectivity index (χ2n) is 3.51. The molecule has 0 spiro atoms. The molecule has 1 aromatic carbocycles. The summed E-state index contributed by atoms with van der Waals surface area (Å²) in [5.74, 6) is -0.947. The van der Waals surface area contributed by atoms with Gasteiger partial charge in [-0.2, -0.15) is 0 Å². The predicted octanol–water partition coefficient (Wildman–Crippen LogP) is 3.15. The van der Waals surface area contributed by atoms with Crippen LogP contribution in [-0.2, 0) is 6.42 Å². The Morgan fingerprint density at radius 2 is 2.12 bits per heavy atom. The number of aromatic nitrogens is 1. The third-order valence-corrected chi connectivity index (χ3v) is 3.23. The highest BCUT2D eigenvalue weighted by Gasteiger charge is 2.08. The number of nitrogens with one attached hydrogen (secondary N) is 1. The van der Waals surface area contributed by atoms with Gasteiger partial charge in [-0.15, -0.1) is 0 Å². The van der Waals surface area contributed by atoms with Crippen LogP contribution in [0.4, 0.5) is 10.8 Å². The maximum Gasteiger partial charge on any atom is 0.347 e. The molecule has 0 saturated heterocycles. The number of anilines is 2. The van der Waals surface area contributed by atoms with E-state index in [0.717, 1.165) is 23.4 Å². The molecule has 0 fully saturated rings. The lowest BCUT2D eigenvalue weighted by molar-refractivity contribution is 0.0702. The van der Waals surface area contributed by atoms with Crippen molar-refractivity contribution in [3.8, 4) is 0 Å². The molecule has 0 aliphatic carbocycles. The van der Waals surface area contributed by atoms with E-state index in [9.17, 15) is 4.79 Å². The molecular formula is C12H12N2O2S. The standard InChI is InChI=1S/C12H12N2O2S/c1-2-8-3-5-9(6-4-8)14-12-13-7-10(17-12)11(15)16/h3-7H,2H2,1H3,(H,13,14)(H,15,16). The zero-order valence-electron chi connectivity index (χ0n) is 9.30. The average Bonchev–Trinajstić information content (AvgIpc) is 2.79. The summed E-state index contributed by atoms with van der Waals surface area (Å²) in [6.45, 7) is 2.10. The minimum atomic E-state index is -0.947. The Morgan fingerprint density at radius 3 is 2.65 bits per heavy atom. The number of aryl methyl sites for hydroxylation is 1. The molecule has 0 atom stereocenters. The maximum atomic E-state index is 10.7. The smallest absolute Gasteiger partial charge is 0.347 e. The number of aromatic carboxylic acids is 1. The fourth-order valence-electron chi connectivity index (χ4n) is 1.38. The van der Waals surface area contributed by atoms with Crippen molar-refractivity contribution in [1.29, 1.82) is 0 Å². The molecule has 0 saturated carbocycles. The minimum Gasteiger partial charge on any atom is -0.477 e. The van der Waals surface area contributed by atoms with Crippen LogP contribution in [0.3, 0.4) is 0 Å². The topological polar surface area (TPSA) is 62.2 Å². The number of nitrogens with zero attached hydrogens (tertiary/aromatic N) is 1. The van der Waals surface area contributed by atoms with Gasteiger partial charge in [0, 0.05) is 5.69 Å². The Kier molecular flexibility index (Phi) is 3.39. The van der Waals surface area contributed by atoms with Crippen molar-refractivity contribution in [2.24, 2.45) is 0 Å². The van der Waals surface area contributed by atoms with Crippen molar-refractivity contribution < 1.29 is 9.90 Å². The van der Waals surface area contributed by atoms with Crippen LogP contribution in [0.2, 0.25) is 0 Å². The van der Waals surface area contributed by atoms with Crippen LogP contribution in [0.15, 0.2) is 30.5 Å². The van der Waals surface area contributed by atoms with Gasteiger partial charge in [0.2, 0.25) is 0 Å². The molecule has 0 aliphatic heterocycles. The molecule has 17 heavy (non-hydrogen) atoms. The van der Waals surface area contributed by atoms with Crippen LogP contribution >= 0.6 is 11.3 Å². The van der Waals surface area contributed by atoms with Gasteiger partial charge in [0.25, 0.3) is 0 Å². The first-order chi connectivity index (χ1) is 8.19. The summed E-state index contributed by atoms with van der Waals surface area (Å²) < 4.78 is 0. The van der Waals surface area contributed by atoms with Crippen LogP contribution in [-0.4, -0.2) is 16.1 Å². The molecule has 2 N–H and O–H groups in total. The molecule has 0 aliphatic rings. The zero-order chi connectivity index (χ0) is 12.3. The van der Waals surface area contributed by atoms with Crippen molar-refractivity contribution in [2.75, 3.05) is 5.32 Å². The van der Waals surface area contributed by atoms with E-state index in [-0.39, 0.29) is 4.88 Å². The molecular weight excluding hydrogens is 236 g/mol. The van der Waals surface area contributed by atoms with Crippen molar-refractivity contribution in [1.82, 2.24) is 4.98 Å². The lowest BCUT2D eigenvalue weighted by Gasteiger charge is -2.03. The van der Waals surface area contributed by atoms with E-state index in [1.807, 2.05) is 24.3 Å². The normalized spacial score (nSPS) is 10.2.